The number of methoxy groups -OCH3 is 1. The van der Waals surface area contributed by atoms with Crippen molar-refractivity contribution in [3.8, 4) is 5.75 Å². The monoisotopic (exact) mass is 284 g/mol. The van der Waals surface area contributed by atoms with Crippen LogP contribution in [0.15, 0.2) is 24.3 Å². The molecule has 0 fully saturated rings. The van der Waals surface area contributed by atoms with E-state index in [4.69, 9.17) is 4.74 Å². The van der Waals surface area contributed by atoms with Crippen LogP contribution in [0.4, 0.5) is 0 Å². The predicted molar refractivity (Wildman–Crippen MR) is 73.5 cm³/mol. The van der Waals surface area contributed by atoms with Crippen LogP contribution in [-0.4, -0.2) is 11.9 Å². The molecule has 1 aromatic rings. The second-order valence-corrected chi connectivity index (χ2v) is 6.07. The molecule has 90 valence electrons. The van der Waals surface area contributed by atoms with E-state index >= 15 is 0 Å². The fourth-order valence-corrected chi connectivity index (χ4v) is 2.52. The standard InChI is InChI=1S/C14H21BrO/c1-11(10-12(2)15)4-5-13-6-8-14(16-3)9-7-13/h6-9,11-12H,4-5,10H2,1-3H3. The van der Waals surface area contributed by atoms with E-state index in [0.29, 0.717) is 4.83 Å². The Morgan fingerprint density at radius 3 is 2.31 bits per heavy atom. The quantitative estimate of drug-likeness (QED) is 0.702. The molecule has 16 heavy (non-hydrogen) atoms. The Bertz CT molecular complexity index is 292. The second kappa shape index (κ2) is 6.95. The van der Waals surface area contributed by atoms with Crippen molar-refractivity contribution in [2.24, 2.45) is 5.92 Å². The largest absolute Gasteiger partial charge is 0.497 e. The van der Waals surface area contributed by atoms with Gasteiger partial charge >= 0.3 is 0 Å². The van der Waals surface area contributed by atoms with Crippen LogP contribution < -0.4 is 4.74 Å². The zero-order valence-electron chi connectivity index (χ0n) is 10.4. The van der Waals surface area contributed by atoms with Crippen LogP contribution in [0.2, 0.25) is 0 Å². The molecule has 0 N–H and O–H groups in total. The fourth-order valence-electron chi connectivity index (χ4n) is 1.88. The van der Waals surface area contributed by atoms with Crippen LogP contribution in [0.5, 0.6) is 5.75 Å². The highest BCUT2D eigenvalue weighted by Crippen LogP contribution is 2.19. The Hall–Kier alpha value is -0.500. The van der Waals surface area contributed by atoms with Gasteiger partial charge in [-0.15, -0.1) is 0 Å². The Labute approximate surface area is 107 Å². The van der Waals surface area contributed by atoms with Crippen molar-refractivity contribution in [1.29, 1.82) is 0 Å². The summed E-state index contributed by atoms with van der Waals surface area (Å²) < 4.78 is 5.14. The van der Waals surface area contributed by atoms with Crippen molar-refractivity contribution in [3.63, 3.8) is 0 Å². The number of hydrogen-bond acceptors (Lipinski definition) is 1. The molecule has 0 saturated heterocycles. The predicted octanol–water partition coefficient (Wildman–Crippen LogP) is 4.44. The Balaban J connectivity index is 2.36. The van der Waals surface area contributed by atoms with Crippen molar-refractivity contribution in [1.82, 2.24) is 0 Å². The molecule has 2 atom stereocenters. The van der Waals surface area contributed by atoms with Crippen LogP contribution >= 0.6 is 15.9 Å². The fraction of sp³-hybridized carbons (Fsp3) is 0.571. The van der Waals surface area contributed by atoms with Gasteiger partial charge in [-0.2, -0.15) is 0 Å². The number of rotatable bonds is 6. The van der Waals surface area contributed by atoms with Crippen molar-refractivity contribution in [3.05, 3.63) is 29.8 Å². The van der Waals surface area contributed by atoms with Gasteiger partial charge in [0.25, 0.3) is 0 Å². The average molecular weight is 285 g/mol. The SMILES string of the molecule is COc1ccc(CCC(C)CC(C)Br)cc1. The van der Waals surface area contributed by atoms with Crippen LogP contribution in [-0.2, 0) is 6.42 Å². The number of hydrogen-bond donors (Lipinski definition) is 0. The summed E-state index contributed by atoms with van der Waals surface area (Å²) in [7, 11) is 1.70. The third-order valence-electron chi connectivity index (χ3n) is 2.81. The van der Waals surface area contributed by atoms with Gasteiger partial charge in [0.15, 0.2) is 0 Å². The second-order valence-electron chi connectivity index (χ2n) is 4.51. The van der Waals surface area contributed by atoms with E-state index in [1.165, 1.54) is 18.4 Å². The van der Waals surface area contributed by atoms with Crippen LogP contribution in [0.25, 0.3) is 0 Å². The van der Waals surface area contributed by atoms with E-state index in [2.05, 4.69) is 41.9 Å². The number of alkyl halides is 1. The molecule has 0 aliphatic heterocycles. The lowest BCUT2D eigenvalue weighted by molar-refractivity contribution is 0.414. The summed E-state index contributed by atoms with van der Waals surface area (Å²) in [6.45, 7) is 4.53. The highest BCUT2D eigenvalue weighted by Gasteiger charge is 2.06. The molecule has 1 nitrogen and oxygen atoms in total. The van der Waals surface area contributed by atoms with Crippen LogP contribution in [0.3, 0.4) is 0 Å². The first-order valence-electron chi connectivity index (χ1n) is 5.88. The summed E-state index contributed by atoms with van der Waals surface area (Å²) in [4.78, 5) is 0.623. The van der Waals surface area contributed by atoms with Gasteiger partial charge in [-0.3, -0.25) is 0 Å². The highest BCUT2D eigenvalue weighted by atomic mass is 79.9. The van der Waals surface area contributed by atoms with Crippen molar-refractivity contribution in [2.75, 3.05) is 7.11 Å². The molecule has 0 bridgehead atoms. The first-order chi connectivity index (χ1) is 7.61. The molecule has 2 heteroatoms. The molecule has 0 aliphatic rings. The maximum absolute atomic E-state index is 5.14. The molecule has 0 aromatic heterocycles. The molecular formula is C14H21BrO. The molecular weight excluding hydrogens is 264 g/mol. The van der Waals surface area contributed by atoms with Gasteiger partial charge in [-0.05, 0) is 42.9 Å². The Kier molecular flexibility index (Phi) is 5.89. The van der Waals surface area contributed by atoms with Gasteiger partial charge in [-0.25, -0.2) is 0 Å². The zero-order valence-corrected chi connectivity index (χ0v) is 12.0. The summed E-state index contributed by atoms with van der Waals surface area (Å²) in [6.07, 6.45) is 3.66. The lowest BCUT2D eigenvalue weighted by Crippen LogP contribution is -2.03. The molecule has 0 heterocycles. The zero-order chi connectivity index (χ0) is 12.0. The normalized spacial score (nSPS) is 14.5. The molecule has 0 spiro atoms. The third kappa shape index (κ3) is 5.02. The maximum Gasteiger partial charge on any atom is 0.118 e. The third-order valence-corrected chi connectivity index (χ3v) is 3.19. The van der Waals surface area contributed by atoms with Crippen molar-refractivity contribution >= 4 is 15.9 Å². The van der Waals surface area contributed by atoms with Crippen molar-refractivity contribution in [2.45, 2.75) is 37.9 Å². The Morgan fingerprint density at radius 1 is 1.19 bits per heavy atom. The van der Waals surface area contributed by atoms with E-state index in [1.807, 2.05) is 12.1 Å². The number of halogens is 1. The Morgan fingerprint density at radius 2 is 1.81 bits per heavy atom. The lowest BCUT2D eigenvalue weighted by Gasteiger charge is -2.12. The van der Waals surface area contributed by atoms with Gasteiger partial charge in [0.1, 0.15) is 5.75 Å². The van der Waals surface area contributed by atoms with Crippen LogP contribution in [0.1, 0.15) is 32.3 Å². The molecule has 0 radical (unpaired) electrons. The van der Waals surface area contributed by atoms with E-state index in [-0.39, 0.29) is 0 Å². The molecule has 0 amide bonds. The minimum Gasteiger partial charge on any atom is -0.497 e. The minimum absolute atomic E-state index is 0.623. The van der Waals surface area contributed by atoms with Crippen molar-refractivity contribution < 1.29 is 4.74 Å². The molecule has 1 aromatic carbocycles. The molecule has 2 unspecified atom stereocenters. The smallest absolute Gasteiger partial charge is 0.118 e. The molecule has 0 saturated carbocycles. The van der Waals surface area contributed by atoms with Gasteiger partial charge in [-0.1, -0.05) is 41.9 Å². The molecule has 1 rings (SSSR count). The van der Waals surface area contributed by atoms with Gasteiger partial charge < -0.3 is 4.74 Å². The summed E-state index contributed by atoms with van der Waals surface area (Å²) in [5.74, 6) is 1.71. The summed E-state index contributed by atoms with van der Waals surface area (Å²) in [6, 6.07) is 8.38. The highest BCUT2D eigenvalue weighted by molar-refractivity contribution is 9.09. The van der Waals surface area contributed by atoms with Crippen LogP contribution in [0, 0.1) is 5.92 Å². The summed E-state index contributed by atoms with van der Waals surface area (Å²) in [5.41, 5.74) is 1.40. The average Bonchev–Trinajstić information content (AvgIpc) is 2.26. The number of ether oxygens (including phenoxy) is 1. The number of benzene rings is 1. The van der Waals surface area contributed by atoms with E-state index in [9.17, 15) is 0 Å². The minimum atomic E-state index is 0.623. The van der Waals surface area contributed by atoms with Gasteiger partial charge in [0.2, 0.25) is 0 Å². The summed E-state index contributed by atoms with van der Waals surface area (Å²) in [5, 5.41) is 0. The van der Waals surface area contributed by atoms with E-state index in [0.717, 1.165) is 18.1 Å². The summed E-state index contributed by atoms with van der Waals surface area (Å²) >= 11 is 3.60. The van der Waals surface area contributed by atoms with Gasteiger partial charge in [0.05, 0.1) is 7.11 Å². The first kappa shape index (κ1) is 13.6. The van der Waals surface area contributed by atoms with Gasteiger partial charge in [0, 0.05) is 4.83 Å². The first-order valence-corrected chi connectivity index (χ1v) is 6.80. The van der Waals surface area contributed by atoms with E-state index < -0.39 is 0 Å². The topological polar surface area (TPSA) is 9.23 Å². The maximum atomic E-state index is 5.14. The molecule has 0 aliphatic carbocycles. The lowest BCUT2D eigenvalue weighted by atomic mass is 9.97. The van der Waals surface area contributed by atoms with E-state index in [1.54, 1.807) is 7.11 Å². The number of aryl methyl sites for hydroxylation is 1.